The van der Waals surface area contributed by atoms with E-state index in [2.05, 4.69) is 11.8 Å². The highest BCUT2D eigenvalue weighted by Crippen LogP contribution is 2.16. The first-order valence-corrected chi connectivity index (χ1v) is 8.05. The first-order valence-electron chi connectivity index (χ1n) is 8.05. The smallest absolute Gasteiger partial charge is 0.408 e. The van der Waals surface area contributed by atoms with Crippen LogP contribution in [0, 0.1) is 5.92 Å². The van der Waals surface area contributed by atoms with E-state index < -0.39 is 0 Å². The third-order valence-electron chi connectivity index (χ3n) is 4.56. The highest BCUT2D eigenvalue weighted by molar-refractivity contribution is 5.72. The number of fused-ring (bicyclic) bond motifs is 1. The molecule has 4 nitrogen and oxygen atoms in total. The second-order valence-electron chi connectivity index (χ2n) is 6.22. The molecule has 3 rings (SSSR count). The summed E-state index contributed by atoms with van der Waals surface area (Å²) in [5, 5.41) is 0. The maximum absolute atomic E-state index is 11.9. The molecule has 0 amide bonds. The van der Waals surface area contributed by atoms with Crippen molar-refractivity contribution in [3.63, 3.8) is 0 Å². The lowest BCUT2D eigenvalue weighted by Crippen LogP contribution is -2.33. The molecule has 1 aromatic heterocycles. The van der Waals surface area contributed by atoms with Gasteiger partial charge in [-0.05, 0) is 63.4 Å². The van der Waals surface area contributed by atoms with Crippen molar-refractivity contribution in [3.05, 3.63) is 34.8 Å². The molecule has 2 aromatic rings. The minimum absolute atomic E-state index is 0.233. The van der Waals surface area contributed by atoms with Gasteiger partial charge in [0.2, 0.25) is 0 Å². The van der Waals surface area contributed by atoms with E-state index in [1.165, 1.54) is 25.9 Å². The van der Waals surface area contributed by atoms with Crippen LogP contribution in [-0.4, -0.2) is 29.1 Å². The maximum atomic E-state index is 11.9. The number of oxazole rings is 1. The van der Waals surface area contributed by atoms with E-state index in [1.807, 2.05) is 24.3 Å². The quantitative estimate of drug-likeness (QED) is 0.794. The fourth-order valence-corrected chi connectivity index (χ4v) is 3.12. The zero-order chi connectivity index (χ0) is 14.7. The minimum Gasteiger partial charge on any atom is -0.408 e. The number of para-hydroxylation sites is 2. The summed E-state index contributed by atoms with van der Waals surface area (Å²) >= 11 is 0. The van der Waals surface area contributed by atoms with Crippen molar-refractivity contribution in [2.24, 2.45) is 5.92 Å². The molecule has 0 N–H and O–H groups in total. The largest absolute Gasteiger partial charge is 0.419 e. The van der Waals surface area contributed by atoms with Crippen molar-refractivity contribution in [2.75, 3.05) is 19.6 Å². The Kier molecular flexibility index (Phi) is 4.44. The van der Waals surface area contributed by atoms with Crippen LogP contribution in [0.15, 0.2) is 33.5 Å². The van der Waals surface area contributed by atoms with E-state index in [0.717, 1.165) is 37.4 Å². The molecule has 1 aliphatic rings. The number of unbranched alkanes of at least 4 members (excludes halogenated alkanes) is 1. The molecule has 4 heteroatoms. The SMILES string of the molecule is CC1CCN(CCCCn2c(=O)oc3ccccc32)CC1. The number of hydrogen-bond acceptors (Lipinski definition) is 3. The summed E-state index contributed by atoms with van der Waals surface area (Å²) in [5.41, 5.74) is 1.60. The van der Waals surface area contributed by atoms with Gasteiger partial charge < -0.3 is 9.32 Å². The summed E-state index contributed by atoms with van der Waals surface area (Å²) in [4.78, 5) is 14.4. The molecule has 2 heterocycles. The average molecular weight is 288 g/mol. The van der Waals surface area contributed by atoms with Gasteiger partial charge in [-0.3, -0.25) is 4.57 Å². The Labute approximate surface area is 125 Å². The molecular weight excluding hydrogens is 264 g/mol. The Morgan fingerprint density at radius 2 is 1.86 bits per heavy atom. The number of hydrogen-bond donors (Lipinski definition) is 0. The van der Waals surface area contributed by atoms with Crippen molar-refractivity contribution < 1.29 is 4.42 Å². The maximum Gasteiger partial charge on any atom is 0.419 e. The van der Waals surface area contributed by atoms with Crippen LogP contribution in [-0.2, 0) is 6.54 Å². The number of likely N-dealkylation sites (tertiary alicyclic amines) is 1. The molecular formula is C17H24N2O2. The van der Waals surface area contributed by atoms with Crippen LogP contribution in [0.2, 0.25) is 0 Å². The fourth-order valence-electron chi connectivity index (χ4n) is 3.12. The zero-order valence-corrected chi connectivity index (χ0v) is 12.8. The van der Waals surface area contributed by atoms with E-state index in [-0.39, 0.29) is 5.76 Å². The van der Waals surface area contributed by atoms with E-state index >= 15 is 0 Å². The van der Waals surface area contributed by atoms with Crippen LogP contribution in [0.25, 0.3) is 11.1 Å². The minimum atomic E-state index is -0.233. The van der Waals surface area contributed by atoms with Crippen molar-refractivity contribution in [3.8, 4) is 0 Å². The van der Waals surface area contributed by atoms with Crippen LogP contribution in [0.4, 0.5) is 0 Å². The number of piperidine rings is 1. The van der Waals surface area contributed by atoms with Crippen molar-refractivity contribution in [1.82, 2.24) is 9.47 Å². The second-order valence-corrected chi connectivity index (χ2v) is 6.22. The zero-order valence-electron chi connectivity index (χ0n) is 12.8. The molecule has 0 saturated carbocycles. The summed E-state index contributed by atoms with van der Waals surface area (Å²) in [6.07, 6.45) is 4.81. The number of benzene rings is 1. The van der Waals surface area contributed by atoms with Gasteiger partial charge in [0.25, 0.3) is 0 Å². The number of nitrogens with zero attached hydrogens (tertiary/aromatic N) is 2. The van der Waals surface area contributed by atoms with Crippen molar-refractivity contribution in [1.29, 1.82) is 0 Å². The van der Waals surface area contributed by atoms with Crippen LogP contribution in [0.3, 0.4) is 0 Å². The molecule has 21 heavy (non-hydrogen) atoms. The molecule has 0 aliphatic carbocycles. The number of aryl methyl sites for hydroxylation is 1. The first kappa shape index (κ1) is 14.4. The molecule has 0 unspecified atom stereocenters. The Hall–Kier alpha value is -1.55. The van der Waals surface area contributed by atoms with Gasteiger partial charge in [-0.25, -0.2) is 4.79 Å². The molecule has 0 radical (unpaired) electrons. The summed E-state index contributed by atoms with van der Waals surface area (Å²) in [5.74, 6) is 0.653. The van der Waals surface area contributed by atoms with Gasteiger partial charge >= 0.3 is 5.76 Å². The molecule has 1 saturated heterocycles. The monoisotopic (exact) mass is 288 g/mol. The lowest BCUT2D eigenvalue weighted by molar-refractivity contribution is 0.188. The highest BCUT2D eigenvalue weighted by Gasteiger charge is 2.15. The summed E-state index contributed by atoms with van der Waals surface area (Å²) in [6.45, 7) is 6.70. The first-order chi connectivity index (χ1) is 10.2. The van der Waals surface area contributed by atoms with Gasteiger partial charge in [0.05, 0.1) is 5.52 Å². The van der Waals surface area contributed by atoms with Gasteiger partial charge in [-0.1, -0.05) is 19.1 Å². The lowest BCUT2D eigenvalue weighted by Gasteiger charge is -2.30. The van der Waals surface area contributed by atoms with Gasteiger partial charge in [0, 0.05) is 6.54 Å². The highest BCUT2D eigenvalue weighted by atomic mass is 16.4. The van der Waals surface area contributed by atoms with E-state index in [9.17, 15) is 4.79 Å². The molecule has 114 valence electrons. The Bertz CT molecular complexity index is 636. The molecule has 1 aromatic carbocycles. The van der Waals surface area contributed by atoms with Gasteiger partial charge in [-0.15, -0.1) is 0 Å². The van der Waals surface area contributed by atoms with Gasteiger partial charge in [-0.2, -0.15) is 0 Å². The normalized spacial score (nSPS) is 17.6. The molecule has 0 spiro atoms. The Morgan fingerprint density at radius 1 is 1.14 bits per heavy atom. The third-order valence-corrected chi connectivity index (χ3v) is 4.56. The van der Waals surface area contributed by atoms with Gasteiger partial charge in [0.15, 0.2) is 5.58 Å². The topological polar surface area (TPSA) is 38.4 Å². The number of aromatic nitrogens is 1. The Morgan fingerprint density at radius 3 is 2.67 bits per heavy atom. The molecule has 0 bridgehead atoms. The number of rotatable bonds is 5. The Balaban J connectivity index is 1.51. The van der Waals surface area contributed by atoms with Crippen LogP contribution >= 0.6 is 0 Å². The predicted molar refractivity (Wildman–Crippen MR) is 84.5 cm³/mol. The predicted octanol–water partition coefficient (Wildman–Crippen LogP) is 3.11. The summed E-state index contributed by atoms with van der Waals surface area (Å²) in [6, 6.07) is 7.64. The van der Waals surface area contributed by atoms with Gasteiger partial charge in [0.1, 0.15) is 0 Å². The third kappa shape index (κ3) is 3.38. The molecule has 0 atom stereocenters. The van der Waals surface area contributed by atoms with Crippen LogP contribution in [0.5, 0.6) is 0 Å². The van der Waals surface area contributed by atoms with E-state index in [1.54, 1.807) is 4.57 Å². The second kappa shape index (κ2) is 6.48. The van der Waals surface area contributed by atoms with Crippen LogP contribution < -0.4 is 5.76 Å². The standard InChI is InChI=1S/C17H24N2O2/c1-14-8-12-18(13-9-14)10-4-5-11-19-15-6-2-3-7-16(15)21-17(19)20/h2-3,6-7,14H,4-5,8-13H2,1H3. The fraction of sp³-hybridized carbons (Fsp3) is 0.588. The van der Waals surface area contributed by atoms with Crippen molar-refractivity contribution in [2.45, 2.75) is 39.2 Å². The molecule has 1 fully saturated rings. The van der Waals surface area contributed by atoms with E-state index in [4.69, 9.17) is 4.42 Å². The molecule has 1 aliphatic heterocycles. The van der Waals surface area contributed by atoms with Crippen molar-refractivity contribution >= 4 is 11.1 Å². The average Bonchev–Trinajstić information content (AvgIpc) is 2.81. The lowest BCUT2D eigenvalue weighted by atomic mass is 9.99. The summed E-state index contributed by atoms with van der Waals surface area (Å²) < 4.78 is 7.01. The summed E-state index contributed by atoms with van der Waals surface area (Å²) in [7, 11) is 0. The van der Waals surface area contributed by atoms with Crippen LogP contribution in [0.1, 0.15) is 32.6 Å². The van der Waals surface area contributed by atoms with E-state index in [0.29, 0.717) is 5.58 Å².